The van der Waals surface area contributed by atoms with Gasteiger partial charge in [-0.25, -0.2) is 0 Å². The molecule has 0 aromatic heterocycles. The molecule has 2 aromatic rings. The van der Waals surface area contributed by atoms with Crippen molar-refractivity contribution in [1.29, 1.82) is 0 Å². The second-order valence-electron chi connectivity index (χ2n) is 4.71. The average molecular weight is 251 g/mol. The Hall–Kier alpha value is -2.42. The maximum atomic E-state index is 12.3. The maximum Gasteiger partial charge on any atom is 0.231 e. The van der Waals surface area contributed by atoms with Gasteiger partial charge >= 0.3 is 0 Å². The number of hydrogen-bond donors (Lipinski definition) is 1. The van der Waals surface area contributed by atoms with E-state index in [-0.39, 0.29) is 17.6 Å². The molecule has 0 aliphatic carbocycles. The highest BCUT2D eigenvalue weighted by Gasteiger charge is 2.27. The van der Waals surface area contributed by atoms with E-state index in [2.05, 4.69) is 5.32 Å². The first kappa shape index (κ1) is 11.7. The highest BCUT2D eigenvalue weighted by Crippen LogP contribution is 2.33. The molecule has 1 amide bonds. The van der Waals surface area contributed by atoms with Gasteiger partial charge in [-0.2, -0.15) is 0 Å². The minimum absolute atomic E-state index is 0.0145. The molecule has 1 N–H and O–H groups in total. The van der Waals surface area contributed by atoms with Gasteiger partial charge in [-0.3, -0.25) is 9.59 Å². The van der Waals surface area contributed by atoms with E-state index >= 15 is 0 Å². The van der Waals surface area contributed by atoms with Crippen LogP contribution in [0.1, 0.15) is 34.3 Å². The van der Waals surface area contributed by atoms with Crippen LogP contribution in [0.4, 0.5) is 5.69 Å². The molecule has 0 radical (unpaired) electrons. The molecule has 3 rings (SSSR count). The molecule has 94 valence electrons. The van der Waals surface area contributed by atoms with E-state index in [0.717, 1.165) is 11.3 Å². The predicted molar refractivity (Wildman–Crippen MR) is 73.4 cm³/mol. The van der Waals surface area contributed by atoms with E-state index < -0.39 is 0 Å². The number of carbonyl (C=O) groups excluding carboxylic acids is 2. The Kier molecular flexibility index (Phi) is 2.67. The second kappa shape index (κ2) is 4.35. The number of carbonyl (C=O) groups is 2. The van der Waals surface area contributed by atoms with E-state index in [4.69, 9.17) is 0 Å². The SMILES string of the molecule is CC1C(=O)Nc2ccc(C(=O)c3ccccc3)cc21. The molecule has 0 saturated heterocycles. The second-order valence-corrected chi connectivity index (χ2v) is 4.71. The van der Waals surface area contributed by atoms with Crippen molar-refractivity contribution in [3.8, 4) is 0 Å². The van der Waals surface area contributed by atoms with Crippen molar-refractivity contribution in [2.75, 3.05) is 5.32 Å². The largest absolute Gasteiger partial charge is 0.325 e. The van der Waals surface area contributed by atoms with Crippen LogP contribution >= 0.6 is 0 Å². The molecule has 0 spiro atoms. The minimum atomic E-state index is -0.196. The summed E-state index contributed by atoms with van der Waals surface area (Å²) in [5, 5.41) is 2.80. The van der Waals surface area contributed by atoms with Gasteiger partial charge in [0.05, 0.1) is 5.92 Å². The van der Waals surface area contributed by atoms with Gasteiger partial charge in [0.15, 0.2) is 5.78 Å². The van der Waals surface area contributed by atoms with Crippen molar-refractivity contribution in [1.82, 2.24) is 0 Å². The Balaban J connectivity index is 2.00. The van der Waals surface area contributed by atoms with Gasteiger partial charge < -0.3 is 5.32 Å². The summed E-state index contributed by atoms with van der Waals surface area (Å²) in [5.41, 5.74) is 2.98. The van der Waals surface area contributed by atoms with Crippen LogP contribution in [0.3, 0.4) is 0 Å². The monoisotopic (exact) mass is 251 g/mol. The van der Waals surface area contributed by atoms with Crippen LogP contribution in [-0.2, 0) is 4.79 Å². The molecule has 3 nitrogen and oxygen atoms in total. The van der Waals surface area contributed by atoms with Crippen molar-refractivity contribution < 1.29 is 9.59 Å². The van der Waals surface area contributed by atoms with Crippen LogP contribution in [0.25, 0.3) is 0 Å². The average Bonchev–Trinajstić information content (AvgIpc) is 2.74. The lowest BCUT2D eigenvalue weighted by atomic mass is 9.96. The van der Waals surface area contributed by atoms with E-state index in [9.17, 15) is 9.59 Å². The Bertz CT molecular complexity index is 662. The van der Waals surface area contributed by atoms with Crippen LogP contribution in [-0.4, -0.2) is 11.7 Å². The molecular weight excluding hydrogens is 238 g/mol. The van der Waals surface area contributed by atoms with Crippen LogP contribution in [0.5, 0.6) is 0 Å². The highest BCUT2D eigenvalue weighted by molar-refractivity contribution is 6.10. The number of fused-ring (bicyclic) bond motifs is 1. The summed E-state index contributed by atoms with van der Waals surface area (Å²) in [6, 6.07) is 14.5. The lowest BCUT2D eigenvalue weighted by Crippen LogP contribution is -2.08. The number of hydrogen-bond acceptors (Lipinski definition) is 2. The van der Waals surface area contributed by atoms with Gasteiger partial charge in [-0.15, -0.1) is 0 Å². The minimum Gasteiger partial charge on any atom is -0.325 e. The van der Waals surface area contributed by atoms with Crippen LogP contribution in [0.15, 0.2) is 48.5 Å². The molecule has 0 bridgehead atoms. The zero-order valence-corrected chi connectivity index (χ0v) is 10.5. The third-order valence-electron chi connectivity index (χ3n) is 3.47. The van der Waals surface area contributed by atoms with Crippen molar-refractivity contribution in [2.45, 2.75) is 12.8 Å². The normalized spacial score (nSPS) is 16.9. The third kappa shape index (κ3) is 1.93. The summed E-state index contributed by atoms with van der Waals surface area (Å²) >= 11 is 0. The molecule has 0 fully saturated rings. The van der Waals surface area contributed by atoms with Gasteiger partial charge in [-0.1, -0.05) is 30.3 Å². The molecule has 3 heteroatoms. The molecule has 1 unspecified atom stereocenters. The van der Waals surface area contributed by atoms with Crippen molar-refractivity contribution in [3.63, 3.8) is 0 Å². The zero-order valence-electron chi connectivity index (χ0n) is 10.5. The molecule has 1 atom stereocenters. The predicted octanol–water partition coefficient (Wildman–Crippen LogP) is 2.97. The van der Waals surface area contributed by atoms with Gasteiger partial charge in [0, 0.05) is 16.8 Å². The first-order valence-electron chi connectivity index (χ1n) is 6.21. The first-order chi connectivity index (χ1) is 9.16. The van der Waals surface area contributed by atoms with Gasteiger partial charge in [0.25, 0.3) is 0 Å². The van der Waals surface area contributed by atoms with E-state index in [1.165, 1.54) is 0 Å². The maximum absolute atomic E-state index is 12.3. The summed E-state index contributed by atoms with van der Waals surface area (Å²) in [4.78, 5) is 23.9. The summed E-state index contributed by atoms with van der Waals surface area (Å²) in [5.74, 6) is -0.229. The fraction of sp³-hybridized carbons (Fsp3) is 0.125. The van der Waals surface area contributed by atoms with Crippen LogP contribution in [0, 0.1) is 0 Å². The lowest BCUT2D eigenvalue weighted by Gasteiger charge is -2.05. The smallest absolute Gasteiger partial charge is 0.231 e. The Morgan fingerprint density at radius 2 is 1.79 bits per heavy atom. The van der Waals surface area contributed by atoms with E-state index in [1.807, 2.05) is 31.2 Å². The Morgan fingerprint density at radius 1 is 1.05 bits per heavy atom. The Labute approximate surface area is 111 Å². The third-order valence-corrected chi connectivity index (χ3v) is 3.47. The summed E-state index contributed by atoms with van der Waals surface area (Å²) in [6.45, 7) is 1.85. The van der Waals surface area contributed by atoms with Gasteiger partial charge in [0.2, 0.25) is 5.91 Å². The summed E-state index contributed by atoms with van der Waals surface area (Å²) in [6.07, 6.45) is 0. The zero-order chi connectivity index (χ0) is 13.4. The number of benzene rings is 2. The quantitative estimate of drug-likeness (QED) is 0.834. The van der Waals surface area contributed by atoms with E-state index in [0.29, 0.717) is 11.1 Å². The van der Waals surface area contributed by atoms with Crippen molar-refractivity contribution >= 4 is 17.4 Å². The standard InChI is InChI=1S/C16H13NO2/c1-10-13-9-12(7-8-14(13)17-16(10)19)15(18)11-5-3-2-4-6-11/h2-10H,1H3,(H,17,19). The fourth-order valence-electron chi connectivity index (χ4n) is 2.31. The van der Waals surface area contributed by atoms with Crippen molar-refractivity contribution in [3.05, 3.63) is 65.2 Å². The lowest BCUT2D eigenvalue weighted by molar-refractivity contribution is -0.116. The summed E-state index contributed by atoms with van der Waals surface area (Å²) < 4.78 is 0. The van der Waals surface area contributed by atoms with Gasteiger partial charge in [-0.05, 0) is 30.7 Å². The number of amides is 1. The summed E-state index contributed by atoms with van der Waals surface area (Å²) in [7, 11) is 0. The molecule has 1 heterocycles. The molecule has 19 heavy (non-hydrogen) atoms. The number of nitrogens with one attached hydrogen (secondary N) is 1. The molecule has 0 saturated carbocycles. The number of anilines is 1. The first-order valence-corrected chi connectivity index (χ1v) is 6.21. The van der Waals surface area contributed by atoms with Crippen LogP contribution in [0.2, 0.25) is 0 Å². The van der Waals surface area contributed by atoms with Gasteiger partial charge in [0.1, 0.15) is 0 Å². The number of rotatable bonds is 2. The van der Waals surface area contributed by atoms with Crippen molar-refractivity contribution in [2.24, 2.45) is 0 Å². The van der Waals surface area contributed by atoms with E-state index in [1.54, 1.807) is 24.3 Å². The molecular formula is C16H13NO2. The molecule has 1 aliphatic rings. The topological polar surface area (TPSA) is 46.2 Å². The van der Waals surface area contributed by atoms with Crippen LogP contribution < -0.4 is 5.32 Å². The molecule has 1 aliphatic heterocycles. The Morgan fingerprint density at radius 3 is 2.53 bits per heavy atom. The fourth-order valence-corrected chi connectivity index (χ4v) is 2.31. The number of ketones is 1. The molecule has 2 aromatic carbocycles. The highest BCUT2D eigenvalue weighted by atomic mass is 16.2.